The second kappa shape index (κ2) is 10.5. The minimum absolute atomic E-state index is 0.0114. The maximum absolute atomic E-state index is 14.0. The molecule has 12 heteroatoms. The zero-order chi connectivity index (χ0) is 24.2. The topological polar surface area (TPSA) is 103 Å². The summed E-state index contributed by atoms with van der Waals surface area (Å²) in [5.74, 6) is -1.14. The monoisotopic (exact) mass is 508 g/mol. The molecule has 0 bridgehead atoms. The minimum Gasteiger partial charge on any atom is -0.467 e. The first kappa shape index (κ1) is 24.2. The Bertz CT molecular complexity index is 1190. The molecule has 1 aliphatic heterocycles. The lowest BCUT2D eigenvalue weighted by atomic mass is 10.1. The van der Waals surface area contributed by atoms with E-state index < -0.39 is 17.9 Å². The number of nitrogens with one attached hydrogen (secondary N) is 2. The molecule has 34 heavy (non-hydrogen) atoms. The number of hydrogen-bond acceptors (Lipinski definition) is 8. The van der Waals surface area contributed by atoms with Crippen molar-refractivity contribution in [3.05, 3.63) is 52.1 Å². The highest BCUT2D eigenvalue weighted by molar-refractivity contribution is 6.36. The highest BCUT2D eigenvalue weighted by Gasteiger charge is 2.22. The van der Waals surface area contributed by atoms with Crippen molar-refractivity contribution < 1.29 is 18.8 Å². The van der Waals surface area contributed by atoms with Crippen LogP contribution in [0.2, 0.25) is 10.0 Å². The molecule has 0 aliphatic carbocycles. The fourth-order valence-electron chi connectivity index (χ4n) is 3.67. The number of aromatic nitrogens is 4. The van der Waals surface area contributed by atoms with E-state index >= 15 is 0 Å². The van der Waals surface area contributed by atoms with Gasteiger partial charge in [0.05, 0.1) is 29.2 Å². The summed E-state index contributed by atoms with van der Waals surface area (Å²) >= 11 is 12.4. The molecular weight excluding hydrogens is 486 g/mol. The van der Waals surface area contributed by atoms with Gasteiger partial charge in [-0.1, -0.05) is 23.2 Å². The van der Waals surface area contributed by atoms with Gasteiger partial charge >= 0.3 is 5.97 Å². The molecule has 1 fully saturated rings. The number of rotatable bonds is 7. The van der Waals surface area contributed by atoms with Crippen molar-refractivity contribution in [1.82, 2.24) is 25.1 Å². The predicted octanol–water partition coefficient (Wildman–Crippen LogP) is 4.74. The zero-order valence-electron chi connectivity index (χ0n) is 18.5. The van der Waals surface area contributed by atoms with Gasteiger partial charge in [-0.15, -0.1) is 0 Å². The quantitative estimate of drug-likeness (QED) is 0.348. The van der Waals surface area contributed by atoms with Crippen LogP contribution >= 0.6 is 23.2 Å². The number of halogens is 3. The number of carbonyl (C=O) groups is 1. The summed E-state index contributed by atoms with van der Waals surface area (Å²) in [6, 6.07) is 2.88. The molecule has 0 amide bonds. The van der Waals surface area contributed by atoms with E-state index in [0.717, 1.165) is 31.5 Å². The van der Waals surface area contributed by atoms with Crippen molar-refractivity contribution in [3.63, 3.8) is 0 Å². The van der Waals surface area contributed by atoms with Crippen LogP contribution < -0.4 is 15.5 Å². The summed E-state index contributed by atoms with van der Waals surface area (Å²) in [6.45, 7) is 4.76. The van der Waals surface area contributed by atoms with Crippen molar-refractivity contribution >= 4 is 35.0 Å². The van der Waals surface area contributed by atoms with Gasteiger partial charge in [0.15, 0.2) is 0 Å². The van der Waals surface area contributed by atoms with Gasteiger partial charge in [-0.3, -0.25) is 9.48 Å². The van der Waals surface area contributed by atoms with Crippen LogP contribution in [0.5, 0.6) is 5.88 Å². The smallest absolute Gasteiger partial charge is 0.329 e. The lowest BCUT2D eigenvalue weighted by Gasteiger charge is -2.22. The van der Waals surface area contributed by atoms with Crippen LogP contribution in [0.15, 0.2) is 30.7 Å². The number of ether oxygens (including phenoxy) is 1. The van der Waals surface area contributed by atoms with E-state index in [9.17, 15) is 9.18 Å². The van der Waals surface area contributed by atoms with Gasteiger partial charge in [-0.05, 0) is 45.0 Å². The van der Waals surface area contributed by atoms with Gasteiger partial charge in [0.1, 0.15) is 11.9 Å². The lowest BCUT2D eigenvalue weighted by Crippen LogP contribution is -2.29. The Morgan fingerprint density at radius 3 is 2.79 bits per heavy atom. The van der Waals surface area contributed by atoms with Crippen molar-refractivity contribution in [2.24, 2.45) is 0 Å². The first-order valence-corrected chi connectivity index (χ1v) is 11.4. The first-order valence-electron chi connectivity index (χ1n) is 10.7. The summed E-state index contributed by atoms with van der Waals surface area (Å²) < 4.78 is 21.9. The maximum Gasteiger partial charge on any atom is 0.329 e. The van der Waals surface area contributed by atoms with Crippen molar-refractivity contribution in [1.29, 1.82) is 0 Å². The van der Waals surface area contributed by atoms with Gasteiger partial charge in [0.2, 0.25) is 5.82 Å². The Morgan fingerprint density at radius 1 is 1.29 bits per heavy atom. The molecule has 3 aromatic rings. The van der Waals surface area contributed by atoms with Gasteiger partial charge in [-0.2, -0.15) is 10.6 Å². The number of nitrogens with zero attached hydrogens (tertiary/aromatic N) is 4. The summed E-state index contributed by atoms with van der Waals surface area (Å²) in [6.07, 6.45) is 6.30. The molecule has 3 heterocycles. The highest BCUT2D eigenvalue weighted by Crippen LogP contribution is 2.36. The molecule has 1 atom stereocenters. The standard InChI is InChI=1S/C22H23Cl2FN6O3/c1-12(19-16(23)3-4-17(25)20(19)24)33-22-21(30-34-13(2)32)27-10-18(29-22)14-9-28-31(11-14)15-5-7-26-8-6-15/h3-4,9-12,15,26H,5-8H2,1-2H3,(H,27,30)/t12-/m1/s1. The highest BCUT2D eigenvalue weighted by atomic mass is 35.5. The van der Waals surface area contributed by atoms with Crippen LogP contribution in [0.25, 0.3) is 11.3 Å². The van der Waals surface area contributed by atoms with Crippen LogP contribution in [0, 0.1) is 5.82 Å². The third-order valence-electron chi connectivity index (χ3n) is 5.39. The van der Waals surface area contributed by atoms with Crippen molar-refractivity contribution in [2.75, 3.05) is 18.6 Å². The van der Waals surface area contributed by atoms with Gasteiger partial charge in [0, 0.05) is 29.3 Å². The van der Waals surface area contributed by atoms with Crippen molar-refractivity contribution in [3.8, 4) is 17.1 Å². The molecule has 1 aliphatic rings. The lowest BCUT2D eigenvalue weighted by molar-refractivity contribution is -0.138. The van der Waals surface area contributed by atoms with E-state index in [1.165, 1.54) is 25.3 Å². The van der Waals surface area contributed by atoms with E-state index in [1.54, 1.807) is 13.1 Å². The minimum atomic E-state index is -0.796. The second-order valence-corrected chi connectivity index (χ2v) is 8.60. The molecular formula is C22H23Cl2FN6O3. The molecule has 180 valence electrons. The molecule has 2 aromatic heterocycles. The van der Waals surface area contributed by atoms with E-state index in [4.69, 9.17) is 32.8 Å². The summed E-state index contributed by atoms with van der Waals surface area (Å²) in [4.78, 5) is 25.0. The fourth-order valence-corrected chi connectivity index (χ4v) is 4.34. The van der Waals surface area contributed by atoms with Crippen LogP contribution in [0.1, 0.15) is 44.4 Å². The maximum atomic E-state index is 14.0. The van der Waals surface area contributed by atoms with Crippen LogP contribution in [0.3, 0.4) is 0 Å². The molecule has 1 aromatic carbocycles. The fraction of sp³-hybridized carbons (Fsp3) is 0.364. The summed E-state index contributed by atoms with van der Waals surface area (Å²) in [5, 5.41) is 7.91. The van der Waals surface area contributed by atoms with Gasteiger partial charge in [-0.25, -0.2) is 14.4 Å². The molecule has 4 rings (SSSR count). The number of piperidine rings is 1. The van der Waals surface area contributed by atoms with Crippen molar-refractivity contribution in [2.45, 2.75) is 38.8 Å². The Morgan fingerprint density at radius 2 is 2.06 bits per heavy atom. The average molecular weight is 509 g/mol. The SMILES string of the molecule is CC(=O)ONc1ncc(-c2cnn(C3CCNCC3)c2)nc1O[C@H](C)c1c(Cl)ccc(F)c1Cl. The third-order valence-corrected chi connectivity index (χ3v) is 6.10. The Hall–Kier alpha value is -2.95. The molecule has 0 saturated carbocycles. The van der Waals surface area contributed by atoms with Gasteiger partial charge < -0.3 is 14.9 Å². The number of benzene rings is 1. The van der Waals surface area contributed by atoms with Crippen LogP contribution in [-0.2, 0) is 9.63 Å². The summed E-state index contributed by atoms with van der Waals surface area (Å²) in [7, 11) is 0. The third kappa shape index (κ3) is 5.40. The average Bonchev–Trinajstić information content (AvgIpc) is 3.32. The number of anilines is 1. The van der Waals surface area contributed by atoms with Gasteiger partial charge in [0.25, 0.3) is 5.88 Å². The predicted molar refractivity (Wildman–Crippen MR) is 125 cm³/mol. The second-order valence-electron chi connectivity index (χ2n) is 7.81. The largest absolute Gasteiger partial charge is 0.467 e. The molecule has 2 N–H and O–H groups in total. The molecule has 1 saturated heterocycles. The number of carbonyl (C=O) groups excluding carboxylic acids is 1. The normalized spacial score (nSPS) is 15.1. The molecule has 0 unspecified atom stereocenters. The Kier molecular flexibility index (Phi) is 7.50. The molecule has 0 radical (unpaired) electrons. The van der Waals surface area contributed by atoms with E-state index in [-0.39, 0.29) is 27.3 Å². The molecule has 0 spiro atoms. The van der Waals surface area contributed by atoms with E-state index in [1.807, 2.05) is 10.9 Å². The Labute approximate surface area is 205 Å². The van der Waals surface area contributed by atoms with E-state index in [2.05, 4.69) is 25.9 Å². The Balaban J connectivity index is 1.64. The first-order chi connectivity index (χ1) is 16.3. The van der Waals surface area contributed by atoms with Crippen LogP contribution in [-0.4, -0.2) is 38.8 Å². The molecule has 9 nitrogen and oxygen atoms in total. The van der Waals surface area contributed by atoms with Crippen LogP contribution in [0.4, 0.5) is 10.2 Å². The summed E-state index contributed by atoms with van der Waals surface area (Å²) in [5.41, 5.74) is 3.92. The number of hydrogen-bond donors (Lipinski definition) is 2. The van der Waals surface area contributed by atoms with E-state index in [0.29, 0.717) is 11.7 Å². The zero-order valence-corrected chi connectivity index (χ0v) is 20.0.